The molecular weight excluding hydrogens is 342 g/mol. The van der Waals surface area contributed by atoms with Crippen molar-refractivity contribution in [2.45, 2.75) is 20.3 Å². The summed E-state index contributed by atoms with van der Waals surface area (Å²) in [5, 5.41) is 3.37. The summed E-state index contributed by atoms with van der Waals surface area (Å²) in [5.74, 6) is 1.01. The SMILES string of the molecule is COc1ccc(Cl)cc1NC(=O)CN1CCN(C(=O)CC(C)C)CC1. The van der Waals surface area contributed by atoms with Crippen LogP contribution in [-0.2, 0) is 9.59 Å². The van der Waals surface area contributed by atoms with Crippen molar-refractivity contribution in [3.63, 3.8) is 0 Å². The molecule has 1 aromatic carbocycles. The Morgan fingerprint density at radius 2 is 1.92 bits per heavy atom. The smallest absolute Gasteiger partial charge is 0.238 e. The molecule has 2 amide bonds. The van der Waals surface area contributed by atoms with Gasteiger partial charge in [0.15, 0.2) is 0 Å². The van der Waals surface area contributed by atoms with Crippen molar-refractivity contribution in [1.82, 2.24) is 9.80 Å². The van der Waals surface area contributed by atoms with Crippen LogP contribution in [0.1, 0.15) is 20.3 Å². The Labute approximate surface area is 154 Å². The maximum atomic E-state index is 12.3. The van der Waals surface area contributed by atoms with E-state index in [4.69, 9.17) is 16.3 Å². The molecule has 0 aliphatic carbocycles. The molecule has 1 saturated heterocycles. The van der Waals surface area contributed by atoms with Gasteiger partial charge in [-0.3, -0.25) is 14.5 Å². The van der Waals surface area contributed by atoms with Crippen molar-refractivity contribution in [3.8, 4) is 5.75 Å². The van der Waals surface area contributed by atoms with E-state index in [0.717, 1.165) is 0 Å². The summed E-state index contributed by atoms with van der Waals surface area (Å²) in [4.78, 5) is 28.3. The van der Waals surface area contributed by atoms with Gasteiger partial charge >= 0.3 is 0 Å². The normalized spacial score (nSPS) is 15.3. The van der Waals surface area contributed by atoms with Gasteiger partial charge in [-0.05, 0) is 24.1 Å². The zero-order valence-corrected chi connectivity index (χ0v) is 15.8. The summed E-state index contributed by atoms with van der Waals surface area (Å²) >= 11 is 5.98. The standard InChI is InChI=1S/C18H26ClN3O3/c1-13(2)10-18(24)22-8-6-21(7-9-22)12-17(23)20-15-11-14(19)4-5-16(15)25-3/h4-5,11,13H,6-10,12H2,1-3H3,(H,20,23). The van der Waals surface area contributed by atoms with Gasteiger partial charge in [-0.25, -0.2) is 0 Å². The van der Waals surface area contributed by atoms with E-state index in [2.05, 4.69) is 5.32 Å². The topological polar surface area (TPSA) is 61.9 Å². The lowest BCUT2D eigenvalue weighted by Crippen LogP contribution is -2.50. The van der Waals surface area contributed by atoms with Gasteiger partial charge in [0.2, 0.25) is 11.8 Å². The Morgan fingerprint density at radius 1 is 1.24 bits per heavy atom. The molecule has 1 heterocycles. The molecule has 0 saturated carbocycles. The van der Waals surface area contributed by atoms with Crippen LogP contribution in [0.2, 0.25) is 5.02 Å². The van der Waals surface area contributed by atoms with Crippen molar-refractivity contribution in [3.05, 3.63) is 23.2 Å². The maximum absolute atomic E-state index is 12.3. The Kier molecular flexibility index (Phi) is 7.08. The first-order valence-electron chi connectivity index (χ1n) is 8.52. The first kappa shape index (κ1) is 19.5. The minimum atomic E-state index is -0.123. The van der Waals surface area contributed by atoms with E-state index in [9.17, 15) is 9.59 Å². The Bertz CT molecular complexity index is 614. The molecule has 25 heavy (non-hydrogen) atoms. The number of methoxy groups -OCH3 is 1. The van der Waals surface area contributed by atoms with Gasteiger partial charge in [0.1, 0.15) is 5.75 Å². The van der Waals surface area contributed by atoms with Crippen molar-refractivity contribution in [1.29, 1.82) is 0 Å². The second-order valence-corrected chi connectivity index (χ2v) is 7.08. The lowest BCUT2D eigenvalue weighted by molar-refractivity contribution is -0.133. The molecule has 1 aliphatic heterocycles. The summed E-state index contributed by atoms with van der Waals surface area (Å²) < 4.78 is 5.23. The molecular formula is C18H26ClN3O3. The van der Waals surface area contributed by atoms with E-state index in [1.165, 1.54) is 0 Å². The van der Waals surface area contributed by atoms with E-state index in [1.807, 2.05) is 23.6 Å². The average Bonchev–Trinajstić information content (AvgIpc) is 2.55. The van der Waals surface area contributed by atoms with Gasteiger partial charge in [-0.1, -0.05) is 25.4 Å². The molecule has 0 unspecified atom stereocenters. The van der Waals surface area contributed by atoms with Crippen LogP contribution < -0.4 is 10.1 Å². The maximum Gasteiger partial charge on any atom is 0.238 e. The highest BCUT2D eigenvalue weighted by molar-refractivity contribution is 6.31. The summed E-state index contributed by atoms with van der Waals surface area (Å²) in [6.45, 7) is 7.10. The van der Waals surface area contributed by atoms with Crippen LogP contribution in [0.4, 0.5) is 5.69 Å². The average molecular weight is 368 g/mol. The number of anilines is 1. The Morgan fingerprint density at radius 3 is 2.52 bits per heavy atom. The third kappa shape index (κ3) is 5.90. The van der Waals surface area contributed by atoms with Crippen LogP contribution in [0, 0.1) is 5.92 Å². The molecule has 7 heteroatoms. The summed E-state index contributed by atoms with van der Waals surface area (Å²) in [6, 6.07) is 5.10. The predicted molar refractivity (Wildman–Crippen MR) is 99.1 cm³/mol. The first-order valence-corrected chi connectivity index (χ1v) is 8.90. The van der Waals surface area contributed by atoms with Crippen LogP contribution in [0.15, 0.2) is 18.2 Å². The number of hydrogen-bond donors (Lipinski definition) is 1. The molecule has 2 rings (SSSR count). The van der Waals surface area contributed by atoms with Crippen LogP contribution in [0.25, 0.3) is 0 Å². The van der Waals surface area contributed by atoms with E-state index >= 15 is 0 Å². The highest BCUT2D eigenvalue weighted by Gasteiger charge is 2.23. The number of nitrogens with zero attached hydrogens (tertiary/aromatic N) is 2. The number of carbonyl (C=O) groups is 2. The van der Waals surface area contributed by atoms with Crippen molar-refractivity contribution >= 4 is 29.1 Å². The number of ether oxygens (including phenoxy) is 1. The largest absolute Gasteiger partial charge is 0.495 e. The van der Waals surface area contributed by atoms with Gasteiger partial charge in [0, 0.05) is 37.6 Å². The monoisotopic (exact) mass is 367 g/mol. The minimum Gasteiger partial charge on any atom is -0.495 e. The molecule has 0 spiro atoms. The summed E-state index contributed by atoms with van der Waals surface area (Å²) in [5.41, 5.74) is 0.561. The molecule has 6 nitrogen and oxygen atoms in total. The van der Waals surface area contributed by atoms with E-state index in [1.54, 1.807) is 25.3 Å². The molecule has 0 bridgehead atoms. The number of benzene rings is 1. The van der Waals surface area contributed by atoms with Crippen molar-refractivity contribution < 1.29 is 14.3 Å². The molecule has 1 aromatic rings. The van der Waals surface area contributed by atoms with E-state index in [0.29, 0.717) is 55.0 Å². The van der Waals surface area contributed by atoms with Crippen molar-refractivity contribution in [2.75, 3.05) is 45.2 Å². The van der Waals surface area contributed by atoms with Crippen LogP contribution in [-0.4, -0.2) is 61.4 Å². The number of rotatable bonds is 6. The van der Waals surface area contributed by atoms with Crippen LogP contribution in [0.5, 0.6) is 5.75 Å². The lowest BCUT2D eigenvalue weighted by Gasteiger charge is -2.34. The Balaban J connectivity index is 1.83. The number of nitrogens with one attached hydrogen (secondary N) is 1. The van der Waals surface area contributed by atoms with Crippen LogP contribution >= 0.6 is 11.6 Å². The van der Waals surface area contributed by atoms with Gasteiger partial charge < -0.3 is 15.0 Å². The number of hydrogen-bond acceptors (Lipinski definition) is 4. The third-order valence-corrected chi connectivity index (χ3v) is 4.35. The second kappa shape index (κ2) is 9.06. The zero-order chi connectivity index (χ0) is 18.4. The van der Waals surface area contributed by atoms with Crippen LogP contribution in [0.3, 0.4) is 0 Å². The molecule has 1 fully saturated rings. The number of amides is 2. The lowest BCUT2D eigenvalue weighted by atomic mass is 10.1. The first-order chi connectivity index (χ1) is 11.9. The fraction of sp³-hybridized carbons (Fsp3) is 0.556. The minimum absolute atomic E-state index is 0.123. The highest BCUT2D eigenvalue weighted by atomic mass is 35.5. The molecule has 1 aliphatic rings. The quantitative estimate of drug-likeness (QED) is 0.839. The fourth-order valence-electron chi connectivity index (χ4n) is 2.80. The van der Waals surface area contributed by atoms with Crippen molar-refractivity contribution in [2.24, 2.45) is 5.92 Å². The highest BCUT2D eigenvalue weighted by Crippen LogP contribution is 2.27. The van der Waals surface area contributed by atoms with E-state index in [-0.39, 0.29) is 18.4 Å². The molecule has 0 aromatic heterocycles. The van der Waals surface area contributed by atoms with Gasteiger partial charge in [0.25, 0.3) is 0 Å². The fourth-order valence-corrected chi connectivity index (χ4v) is 2.98. The third-order valence-electron chi connectivity index (χ3n) is 4.11. The zero-order valence-electron chi connectivity index (χ0n) is 15.0. The number of carbonyl (C=O) groups excluding carboxylic acids is 2. The van der Waals surface area contributed by atoms with Gasteiger partial charge in [-0.15, -0.1) is 0 Å². The number of piperazine rings is 1. The molecule has 0 atom stereocenters. The summed E-state index contributed by atoms with van der Waals surface area (Å²) in [7, 11) is 1.55. The van der Waals surface area contributed by atoms with Gasteiger partial charge in [0.05, 0.1) is 19.3 Å². The molecule has 1 N–H and O–H groups in total. The second-order valence-electron chi connectivity index (χ2n) is 6.65. The Hall–Kier alpha value is -1.79. The predicted octanol–water partition coefficient (Wildman–Crippen LogP) is 2.48. The molecule has 138 valence electrons. The molecule has 0 radical (unpaired) electrons. The van der Waals surface area contributed by atoms with Gasteiger partial charge in [-0.2, -0.15) is 0 Å². The summed E-state index contributed by atoms with van der Waals surface area (Å²) in [6.07, 6.45) is 0.578. The van der Waals surface area contributed by atoms with E-state index < -0.39 is 0 Å². The number of halogens is 1.